The van der Waals surface area contributed by atoms with Gasteiger partial charge in [-0.15, -0.1) is 11.3 Å². The van der Waals surface area contributed by atoms with Gasteiger partial charge in [0.2, 0.25) is 0 Å². The maximum Gasteiger partial charge on any atom is 0.264 e. The summed E-state index contributed by atoms with van der Waals surface area (Å²) in [7, 11) is 0. The third-order valence-electron chi connectivity index (χ3n) is 6.22. The smallest absolute Gasteiger partial charge is 0.264 e. The average molecular weight is 459 g/mol. The highest BCUT2D eigenvalue weighted by Crippen LogP contribution is 2.28. The van der Waals surface area contributed by atoms with Gasteiger partial charge in [0.05, 0.1) is 23.1 Å². The summed E-state index contributed by atoms with van der Waals surface area (Å²) in [5, 5.41) is 0.560. The van der Waals surface area contributed by atoms with Crippen LogP contribution >= 0.6 is 11.3 Å². The van der Waals surface area contributed by atoms with Gasteiger partial charge in [0.1, 0.15) is 4.83 Å². The Balaban J connectivity index is 1.32. The van der Waals surface area contributed by atoms with Crippen LogP contribution in [0.5, 0.6) is 0 Å². The van der Waals surface area contributed by atoms with Crippen LogP contribution in [0.4, 0.5) is 0 Å². The maximum absolute atomic E-state index is 13.3. The quantitative estimate of drug-likeness (QED) is 0.457. The van der Waals surface area contributed by atoms with Crippen LogP contribution in [0.1, 0.15) is 26.4 Å². The first kappa shape index (κ1) is 21.6. The molecule has 7 heteroatoms. The van der Waals surface area contributed by atoms with Crippen molar-refractivity contribution >= 4 is 27.5 Å². The zero-order chi connectivity index (χ0) is 22.8. The van der Waals surface area contributed by atoms with Gasteiger partial charge in [-0.25, -0.2) is 4.98 Å². The number of benzene rings is 2. The largest absolute Gasteiger partial charge is 0.335 e. The topological polar surface area (TPSA) is 58.4 Å². The molecule has 1 aliphatic rings. The monoisotopic (exact) mass is 458 g/mol. The van der Waals surface area contributed by atoms with Crippen molar-refractivity contribution in [2.75, 3.05) is 26.2 Å². The minimum Gasteiger partial charge on any atom is -0.335 e. The first-order valence-electron chi connectivity index (χ1n) is 11.2. The Hall–Kier alpha value is -3.29. The summed E-state index contributed by atoms with van der Waals surface area (Å²) in [6, 6.07) is 20.3. The van der Waals surface area contributed by atoms with E-state index in [1.54, 1.807) is 10.9 Å². The first-order valence-corrected chi connectivity index (χ1v) is 12.0. The molecule has 2 aromatic heterocycles. The number of rotatable bonds is 5. The van der Waals surface area contributed by atoms with Gasteiger partial charge in [-0.1, -0.05) is 60.7 Å². The standard InChI is InChI=1S/C26H26N4O2S/c1-19-22-24(27-18-30(25(22)31)17-21-10-6-3-7-11-21)33-23(19)26(32)29-14-12-28(13-15-29)16-20-8-4-2-5-9-20/h2-11,18H,12-17H2,1H3. The summed E-state index contributed by atoms with van der Waals surface area (Å²) in [4.78, 5) is 36.6. The molecule has 0 saturated carbocycles. The SMILES string of the molecule is Cc1c(C(=O)N2CCN(Cc3ccccc3)CC2)sc2ncn(Cc3ccccc3)c(=O)c12. The molecule has 0 aliphatic carbocycles. The van der Waals surface area contributed by atoms with Crippen LogP contribution in [0.15, 0.2) is 71.8 Å². The number of fused-ring (bicyclic) bond motifs is 1. The van der Waals surface area contributed by atoms with Crippen LogP contribution in [0.25, 0.3) is 10.2 Å². The van der Waals surface area contributed by atoms with Gasteiger partial charge in [-0.3, -0.25) is 19.1 Å². The van der Waals surface area contributed by atoms with E-state index in [2.05, 4.69) is 34.1 Å². The predicted molar refractivity (Wildman–Crippen MR) is 132 cm³/mol. The molecule has 0 N–H and O–H groups in total. The maximum atomic E-state index is 13.3. The van der Waals surface area contributed by atoms with Gasteiger partial charge < -0.3 is 4.90 Å². The molecular formula is C26H26N4O2S. The third kappa shape index (κ3) is 4.47. The van der Waals surface area contributed by atoms with E-state index in [-0.39, 0.29) is 11.5 Å². The second kappa shape index (κ2) is 9.29. The molecule has 2 aromatic carbocycles. The van der Waals surface area contributed by atoms with Crippen LogP contribution in [0.3, 0.4) is 0 Å². The Labute approximate surface area is 196 Å². The zero-order valence-corrected chi connectivity index (χ0v) is 19.4. The molecule has 0 spiro atoms. The molecular weight excluding hydrogens is 432 g/mol. The summed E-state index contributed by atoms with van der Waals surface area (Å²) in [5.74, 6) is 0.00358. The lowest BCUT2D eigenvalue weighted by Gasteiger charge is -2.34. The molecule has 1 aliphatic heterocycles. The Morgan fingerprint density at radius 3 is 2.15 bits per heavy atom. The van der Waals surface area contributed by atoms with Crippen molar-refractivity contribution in [3.8, 4) is 0 Å². The molecule has 6 nitrogen and oxygen atoms in total. The van der Waals surface area contributed by atoms with Crippen molar-refractivity contribution in [2.24, 2.45) is 0 Å². The number of aryl methyl sites for hydroxylation is 1. The Morgan fingerprint density at radius 1 is 0.909 bits per heavy atom. The van der Waals surface area contributed by atoms with Gasteiger partial charge in [0.15, 0.2) is 0 Å². The molecule has 1 saturated heterocycles. The number of hydrogen-bond acceptors (Lipinski definition) is 5. The molecule has 0 unspecified atom stereocenters. The lowest BCUT2D eigenvalue weighted by Crippen LogP contribution is -2.48. The van der Waals surface area contributed by atoms with Crippen LogP contribution < -0.4 is 5.56 Å². The number of amides is 1. The Bertz CT molecular complexity index is 1320. The second-order valence-corrected chi connectivity index (χ2v) is 9.45. The van der Waals surface area contributed by atoms with Crippen LogP contribution in [0.2, 0.25) is 0 Å². The molecule has 0 bridgehead atoms. The number of carbonyl (C=O) groups excluding carboxylic acids is 1. The molecule has 5 rings (SSSR count). The summed E-state index contributed by atoms with van der Waals surface area (Å²) < 4.78 is 1.62. The van der Waals surface area contributed by atoms with Gasteiger partial charge in [-0.05, 0) is 23.6 Å². The lowest BCUT2D eigenvalue weighted by molar-refractivity contribution is 0.0632. The van der Waals surface area contributed by atoms with Gasteiger partial charge >= 0.3 is 0 Å². The van der Waals surface area contributed by atoms with E-state index in [0.29, 0.717) is 34.7 Å². The van der Waals surface area contributed by atoms with Crippen LogP contribution in [0, 0.1) is 6.92 Å². The van der Waals surface area contributed by atoms with Crippen molar-refractivity contribution in [1.82, 2.24) is 19.4 Å². The highest BCUT2D eigenvalue weighted by molar-refractivity contribution is 7.20. The fourth-order valence-electron chi connectivity index (χ4n) is 4.35. The zero-order valence-electron chi connectivity index (χ0n) is 18.6. The number of thiophene rings is 1. The summed E-state index contributed by atoms with van der Waals surface area (Å²) in [6.07, 6.45) is 1.59. The normalized spacial score (nSPS) is 14.6. The van der Waals surface area contributed by atoms with Gasteiger partial charge in [-0.2, -0.15) is 0 Å². The number of piperazine rings is 1. The molecule has 0 atom stereocenters. The third-order valence-corrected chi connectivity index (χ3v) is 7.40. The van der Waals surface area contributed by atoms with Crippen LogP contribution in [-0.2, 0) is 13.1 Å². The number of carbonyl (C=O) groups is 1. The lowest BCUT2D eigenvalue weighted by atomic mass is 10.1. The minimum atomic E-state index is -0.0932. The molecule has 33 heavy (non-hydrogen) atoms. The highest BCUT2D eigenvalue weighted by Gasteiger charge is 2.26. The van der Waals surface area contributed by atoms with E-state index in [4.69, 9.17) is 0 Å². The fourth-order valence-corrected chi connectivity index (χ4v) is 5.46. The van der Waals surface area contributed by atoms with E-state index in [0.717, 1.165) is 30.8 Å². The number of hydrogen-bond donors (Lipinski definition) is 0. The summed E-state index contributed by atoms with van der Waals surface area (Å²) in [5.41, 5.74) is 2.98. The van der Waals surface area contributed by atoms with Crippen molar-refractivity contribution in [1.29, 1.82) is 0 Å². The summed E-state index contributed by atoms with van der Waals surface area (Å²) >= 11 is 1.33. The molecule has 1 amide bonds. The van der Waals surface area contributed by atoms with Crippen molar-refractivity contribution < 1.29 is 4.79 Å². The second-order valence-electron chi connectivity index (χ2n) is 8.45. The Morgan fingerprint density at radius 2 is 1.52 bits per heavy atom. The van der Waals surface area contributed by atoms with E-state index in [1.165, 1.54) is 16.9 Å². The van der Waals surface area contributed by atoms with E-state index in [1.807, 2.05) is 48.2 Å². The van der Waals surface area contributed by atoms with Crippen molar-refractivity contribution in [2.45, 2.75) is 20.0 Å². The number of nitrogens with zero attached hydrogens (tertiary/aromatic N) is 4. The molecule has 4 aromatic rings. The summed E-state index contributed by atoms with van der Waals surface area (Å²) in [6.45, 7) is 6.28. The highest BCUT2D eigenvalue weighted by atomic mass is 32.1. The van der Waals surface area contributed by atoms with Gasteiger partial charge in [0, 0.05) is 32.7 Å². The molecule has 0 radical (unpaired) electrons. The van der Waals surface area contributed by atoms with Crippen LogP contribution in [-0.4, -0.2) is 51.4 Å². The average Bonchev–Trinajstić information content (AvgIpc) is 3.19. The molecule has 1 fully saturated rings. The van der Waals surface area contributed by atoms with Crippen molar-refractivity contribution in [3.05, 3.63) is 98.9 Å². The Kier molecular flexibility index (Phi) is 6.07. The number of aromatic nitrogens is 2. The molecule has 168 valence electrons. The van der Waals surface area contributed by atoms with Gasteiger partial charge in [0.25, 0.3) is 11.5 Å². The van der Waals surface area contributed by atoms with E-state index in [9.17, 15) is 9.59 Å². The van der Waals surface area contributed by atoms with E-state index >= 15 is 0 Å². The predicted octanol–water partition coefficient (Wildman–Crippen LogP) is 3.77. The first-order chi connectivity index (χ1) is 16.1. The van der Waals surface area contributed by atoms with E-state index < -0.39 is 0 Å². The van der Waals surface area contributed by atoms with Crippen molar-refractivity contribution in [3.63, 3.8) is 0 Å². The molecule has 3 heterocycles. The fraction of sp³-hybridized carbons (Fsp3) is 0.269. The minimum absolute atomic E-state index is 0.00358.